The molecule has 2 aliphatic heterocycles. The summed E-state index contributed by atoms with van der Waals surface area (Å²) < 4.78 is 10.2. The Morgan fingerprint density at radius 2 is 2.00 bits per heavy atom. The van der Waals surface area contributed by atoms with Gasteiger partial charge >= 0.3 is 8.56 Å². The number of hydrogen-bond donors (Lipinski definition) is 0. The van der Waals surface area contributed by atoms with E-state index in [0.29, 0.717) is 0 Å². The molecule has 3 heteroatoms. The molecule has 0 aromatic rings. The zero-order valence-corrected chi connectivity index (χ0v) is 4.44. The Bertz CT molecular complexity index is 72.9. The van der Waals surface area contributed by atoms with E-state index >= 15 is 0 Å². The van der Waals surface area contributed by atoms with Gasteiger partial charge < -0.3 is 8.85 Å². The van der Waals surface area contributed by atoms with Crippen molar-refractivity contribution in [2.75, 3.05) is 12.8 Å². The van der Waals surface area contributed by atoms with Crippen molar-refractivity contribution < 1.29 is 8.85 Å². The average molecular weight is 102 g/mol. The highest BCUT2D eigenvalue weighted by atomic mass is 28.4. The van der Waals surface area contributed by atoms with Gasteiger partial charge in [-0.15, -0.1) is 0 Å². The minimum Gasteiger partial charge on any atom is -0.393 e. The molecule has 1 unspecified atom stereocenters. The molecule has 34 valence electrons. The van der Waals surface area contributed by atoms with Gasteiger partial charge in [-0.3, -0.25) is 0 Å². The summed E-state index contributed by atoms with van der Waals surface area (Å²) in [7, 11) is -1.20. The summed E-state index contributed by atoms with van der Waals surface area (Å²) in [6, 6.07) is 1.26. The lowest BCUT2D eigenvalue weighted by molar-refractivity contribution is 0.239. The maximum atomic E-state index is 5.15. The monoisotopic (exact) mass is 102 g/mol. The van der Waals surface area contributed by atoms with Crippen molar-refractivity contribution in [3.05, 3.63) is 0 Å². The van der Waals surface area contributed by atoms with Crippen LogP contribution in [0.3, 0.4) is 0 Å². The fraction of sp³-hybridized carbons (Fsp3) is 1.00. The molecule has 2 nitrogen and oxygen atoms in total. The highest BCUT2D eigenvalue weighted by molar-refractivity contribution is 6.76. The van der Waals surface area contributed by atoms with Crippen molar-refractivity contribution >= 4 is 8.56 Å². The molecule has 0 saturated carbocycles. The highest BCUT2D eigenvalue weighted by Gasteiger charge is 2.57. The van der Waals surface area contributed by atoms with Gasteiger partial charge in [-0.2, -0.15) is 0 Å². The van der Waals surface area contributed by atoms with E-state index in [1.807, 2.05) is 0 Å². The summed E-state index contributed by atoms with van der Waals surface area (Å²) in [6.07, 6.45) is 0.979. The smallest absolute Gasteiger partial charge is 0.365 e. The van der Waals surface area contributed by atoms with Gasteiger partial charge in [0.15, 0.2) is 0 Å². The van der Waals surface area contributed by atoms with Gasteiger partial charge in [0.1, 0.15) is 0 Å². The summed E-state index contributed by atoms with van der Waals surface area (Å²) in [5.74, 6) is 0. The topological polar surface area (TPSA) is 21.8 Å². The van der Waals surface area contributed by atoms with Crippen molar-refractivity contribution in [3.8, 4) is 0 Å². The molecule has 0 bridgehead atoms. The van der Waals surface area contributed by atoms with Crippen molar-refractivity contribution in [2.24, 2.45) is 0 Å². The first-order valence-electron chi connectivity index (χ1n) is 2.19. The van der Waals surface area contributed by atoms with Gasteiger partial charge in [-0.1, -0.05) is 0 Å². The molecule has 2 rings (SSSR count). The van der Waals surface area contributed by atoms with Crippen LogP contribution in [0.25, 0.3) is 0 Å². The van der Waals surface area contributed by atoms with Crippen LogP contribution in [0, 0.1) is 0 Å². The molecule has 1 spiro atoms. The lowest BCUT2D eigenvalue weighted by Gasteiger charge is -2.18. The first-order valence-corrected chi connectivity index (χ1v) is 4.42. The van der Waals surface area contributed by atoms with Crippen LogP contribution in [0.15, 0.2) is 0 Å². The van der Waals surface area contributed by atoms with Gasteiger partial charge in [0.2, 0.25) is 0 Å². The minimum absolute atomic E-state index is 0.965. The molecule has 2 aliphatic rings. The van der Waals surface area contributed by atoms with Gasteiger partial charge in [0, 0.05) is 12.7 Å². The van der Waals surface area contributed by atoms with Gasteiger partial charge in [-0.05, 0) is 0 Å². The number of rotatable bonds is 0. The third-order valence-corrected chi connectivity index (χ3v) is 3.94. The lowest BCUT2D eigenvalue weighted by atomic mass is 10.9. The predicted molar refractivity (Wildman–Crippen MR) is 22.5 cm³/mol. The highest BCUT2D eigenvalue weighted by Crippen LogP contribution is 2.34. The normalized spacial score (nSPS) is 52.0. The third-order valence-electron chi connectivity index (χ3n) is 1.31. The largest absolute Gasteiger partial charge is 0.393 e. The molecule has 0 amide bonds. The fourth-order valence-electron chi connectivity index (χ4n) is 0.638. The molecule has 0 radical (unpaired) electrons. The Balaban J connectivity index is 2.09. The molecule has 0 aliphatic carbocycles. The van der Waals surface area contributed by atoms with E-state index in [9.17, 15) is 0 Å². The molecule has 1 atom stereocenters. The maximum absolute atomic E-state index is 5.15. The van der Waals surface area contributed by atoms with Gasteiger partial charge in [-0.25, -0.2) is 0 Å². The summed E-state index contributed by atoms with van der Waals surface area (Å²) in [6.45, 7) is 0.965. The summed E-state index contributed by atoms with van der Waals surface area (Å²) in [5.41, 5.74) is 0. The molecule has 0 aromatic carbocycles. The molecule has 0 aromatic heterocycles. The molecule has 2 heterocycles. The van der Waals surface area contributed by atoms with Crippen LogP contribution in [0.5, 0.6) is 0 Å². The molecule has 6 heavy (non-hydrogen) atoms. The molecular formula is C3H6O2Si. The van der Waals surface area contributed by atoms with Crippen LogP contribution in [0.1, 0.15) is 0 Å². The zero-order chi connectivity index (χ0) is 4.04. The second kappa shape index (κ2) is 0.709. The van der Waals surface area contributed by atoms with Crippen LogP contribution < -0.4 is 0 Å². The Kier molecular flexibility index (Phi) is 0.376. The second-order valence-corrected chi connectivity index (χ2v) is 4.99. The standard InChI is InChI=1S/C3H6O2Si/c1-2-6(4-1)3-5-6/h1-3H2. The average Bonchev–Trinajstić information content (AvgIpc) is 2.02. The zero-order valence-electron chi connectivity index (χ0n) is 3.44. The van der Waals surface area contributed by atoms with E-state index in [1.165, 1.54) is 6.04 Å². The summed E-state index contributed by atoms with van der Waals surface area (Å²) in [5, 5.41) is 0. The third kappa shape index (κ3) is 0.236. The molecule has 2 saturated heterocycles. The molecule has 0 N–H and O–H groups in total. The van der Waals surface area contributed by atoms with Crippen LogP contribution in [-0.2, 0) is 8.85 Å². The van der Waals surface area contributed by atoms with Crippen molar-refractivity contribution in [3.63, 3.8) is 0 Å². The molecular weight excluding hydrogens is 96.1 g/mol. The predicted octanol–water partition coefficient (Wildman–Crippen LogP) is 0.0282. The van der Waals surface area contributed by atoms with Crippen LogP contribution in [-0.4, -0.2) is 21.4 Å². The van der Waals surface area contributed by atoms with E-state index in [4.69, 9.17) is 8.85 Å². The molecule has 2 fully saturated rings. The minimum atomic E-state index is -1.20. The SMILES string of the molecule is C1C[Si]2(CO2)O1. The number of hydrogen-bond acceptors (Lipinski definition) is 2. The quantitative estimate of drug-likeness (QED) is 0.318. The Labute approximate surface area is 37.3 Å². The maximum Gasteiger partial charge on any atom is 0.365 e. The van der Waals surface area contributed by atoms with E-state index in [-0.39, 0.29) is 0 Å². The van der Waals surface area contributed by atoms with E-state index < -0.39 is 8.56 Å². The van der Waals surface area contributed by atoms with Crippen molar-refractivity contribution in [1.82, 2.24) is 0 Å². The van der Waals surface area contributed by atoms with Crippen molar-refractivity contribution in [1.29, 1.82) is 0 Å². The van der Waals surface area contributed by atoms with E-state index in [1.54, 1.807) is 0 Å². The van der Waals surface area contributed by atoms with Gasteiger partial charge in [0.25, 0.3) is 0 Å². The van der Waals surface area contributed by atoms with E-state index in [2.05, 4.69) is 0 Å². The first kappa shape index (κ1) is 3.18. The van der Waals surface area contributed by atoms with Crippen LogP contribution in [0.4, 0.5) is 0 Å². The lowest BCUT2D eigenvalue weighted by Crippen LogP contribution is -2.35. The Morgan fingerprint density at radius 1 is 1.33 bits per heavy atom. The summed E-state index contributed by atoms with van der Waals surface area (Å²) >= 11 is 0. The van der Waals surface area contributed by atoms with Crippen molar-refractivity contribution in [2.45, 2.75) is 6.04 Å². The summed E-state index contributed by atoms with van der Waals surface area (Å²) in [4.78, 5) is 0. The van der Waals surface area contributed by atoms with Crippen LogP contribution in [0.2, 0.25) is 6.04 Å². The second-order valence-electron chi connectivity index (χ2n) is 1.80. The first-order chi connectivity index (χ1) is 2.91. The van der Waals surface area contributed by atoms with Crippen LogP contribution >= 0.6 is 0 Å². The van der Waals surface area contributed by atoms with E-state index in [0.717, 1.165) is 12.8 Å². The fourth-order valence-corrected chi connectivity index (χ4v) is 2.40. The van der Waals surface area contributed by atoms with Gasteiger partial charge in [0.05, 0.1) is 6.23 Å². The Hall–Kier alpha value is 0.137. The Morgan fingerprint density at radius 3 is 2.00 bits per heavy atom.